The highest BCUT2D eigenvalue weighted by molar-refractivity contribution is 9.10. The molecular formula is C13H15BrFN3. The van der Waals surface area contributed by atoms with E-state index in [9.17, 15) is 9.65 Å². The van der Waals surface area contributed by atoms with Crippen LogP contribution < -0.4 is 0 Å². The molecule has 1 aromatic carbocycles. The molecular weight excluding hydrogens is 297 g/mol. The summed E-state index contributed by atoms with van der Waals surface area (Å²) in [7, 11) is 2.05. The molecule has 96 valence electrons. The Morgan fingerprint density at radius 2 is 2.00 bits per heavy atom. The van der Waals surface area contributed by atoms with Gasteiger partial charge >= 0.3 is 0 Å². The van der Waals surface area contributed by atoms with E-state index in [0.29, 0.717) is 5.56 Å². The molecule has 1 aliphatic heterocycles. The molecule has 2 rings (SSSR count). The first kappa shape index (κ1) is 13.5. The quantitative estimate of drug-likeness (QED) is 0.840. The Morgan fingerprint density at radius 1 is 1.33 bits per heavy atom. The van der Waals surface area contributed by atoms with Gasteiger partial charge < -0.3 is 4.90 Å². The molecule has 3 nitrogen and oxygen atoms in total. The molecule has 18 heavy (non-hydrogen) atoms. The Morgan fingerprint density at radius 3 is 2.61 bits per heavy atom. The molecule has 0 saturated carbocycles. The minimum Gasteiger partial charge on any atom is -0.304 e. The van der Waals surface area contributed by atoms with Crippen molar-refractivity contribution < 1.29 is 4.39 Å². The summed E-state index contributed by atoms with van der Waals surface area (Å²) in [6.45, 7) is 3.41. The third-order valence-electron chi connectivity index (χ3n) is 3.28. The van der Waals surface area contributed by atoms with Gasteiger partial charge in [0.25, 0.3) is 0 Å². The van der Waals surface area contributed by atoms with Crippen LogP contribution >= 0.6 is 15.9 Å². The van der Waals surface area contributed by atoms with Gasteiger partial charge in [-0.15, -0.1) is 0 Å². The lowest BCUT2D eigenvalue weighted by Crippen LogP contribution is -2.45. The highest BCUT2D eigenvalue weighted by Gasteiger charge is 2.25. The van der Waals surface area contributed by atoms with Crippen LogP contribution in [0.25, 0.3) is 0 Å². The van der Waals surface area contributed by atoms with E-state index in [-0.39, 0.29) is 5.82 Å². The van der Waals surface area contributed by atoms with Gasteiger partial charge in [-0.05, 0) is 25.2 Å². The standard InChI is InChI=1S/C13H15BrFN3/c1-17-4-6-18(7-5-17)13(9-16)11-8-10(14)2-3-12(11)15/h2-3,8,13H,4-7H2,1H3. The molecule has 0 bridgehead atoms. The van der Waals surface area contributed by atoms with Crippen LogP contribution in [0.2, 0.25) is 0 Å². The van der Waals surface area contributed by atoms with Crippen LogP contribution in [0.5, 0.6) is 0 Å². The van der Waals surface area contributed by atoms with Crippen molar-refractivity contribution in [2.45, 2.75) is 6.04 Å². The predicted octanol–water partition coefficient (Wildman–Crippen LogP) is 2.40. The molecule has 0 radical (unpaired) electrons. The first-order valence-corrected chi connectivity index (χ1v) is 6.68. The van der Waals surface area contributed by atoms with Crippen LogP contribution in [0.1, 0.15) is 11.6 Å². The van der Waals surface area contributed by atoms with Gasteiger partial charge in [0.15, 0.2) is 0 Å². The van der Waals surface area contributed by atoms with Crippen LogP contribution in [-0.4, -0.2) is 43.0 Å². The van der Waals surface area contributed by atoms with Crippen LogP contribution in [0.4, 0.5) is 4.39 Å². The highest BCUT2D eigenvalue weighted by atomic mass is 79.9. The van der Waals surface area contributed by atoms with Crippen molar-refractivity contribution >= 4 is 15.9 Å². The van der Waals surface area contributed by atoms with Crippen molar-refractivity contribution in [1.82, 2.24) is 9.80 Å². The smallest absolute Gasteiger partial charge is 0.129 e. The first-order valence-electron chi connectivity index (χ1n) is 5.89. The van der Waals surface area contributed by atoms with Crippen LogP contribution in [0.3, 0.4) is 0 Å². The Kier molecular flexibility index (Phi) is 4.33. The topological polar surface area (TPSA) is 30.3 Å². The Bertz CT molecular complexity index is 464. The second-order valence-electron chi connectivity index (χ2n) is 4.54. The maximum Gasteiger partial charge on any atom is 0.129 e. The zero-order valence-electron chi connectivity index (χ0n) is 10.2. The van der Waals surface area contributed by atoms with Crippen LogP contribution in [-0.2, 0) is 0 Å². The lowest BCUT2D eigenvalue weighted by Gasteiger charge is -2.35. The minimum absolute atomic E-state index is 0.316. The number of rotatable bonds is 2. The number of nitrogens with zero attached hydrogens (tertiary/aromatic N) is 3. The summed E-state index contributed by atoms with van der Waals surface area (Å²) < 4.78 is 14.6. The first-order chi connectivity index (χ1) is 8.61. The van der Waals surface area contributed by atoms with Gasteiger partial charge in [0.2, 0.25) is 0 Å². The molecule has 5 heteroatoms. The summed E-state index contributed by atoms with van der Waals surface area (Å²) in [5, 5.41) is 9.33. The monoisotopic (exact) mass is 311 g/mol. The van der Waals surface area contributed by atoms with Gasteiger partial charge in [0.1, 0.15) is 11.9 Å². The molecule has 0 N–H and O–H groups in total. The van der Waals surface area contributed by atoms with Gasteiger partial charge in [-0.3, -0.25) is 4.90 Å². The SMILES string of the molecule is CN1CCN(C(C#N)c2cc(Br)ccc2F)CC1. The maximum absolute atomic E-state index is 13.8. The average Bonchev–Trinajstić information content (AvgIpc) is 2.37. The molecule has 0 amide bonds. The highest BCUT2D eigenvalue weighted by Crippen LogP contribution is 2.26. The fourth-order valence-corrected chi connectivity index (χ4v) is 2.53. The summed E-state index contributed by atoms with van der Waals surface area (Å²) in [4.78, 5) is 4.24. The Labute approximate surface area is 115 Å². The van der Waals surface area contributed by atoms with E-state index in [0.717, 1.165) is 30.7 Å². The molecule has 0 aliphatic carbocycles. The van der Waals surface area contributed by atoms with Crippen molar-refractivity contribution in [3.8, 4) is 6.07 Å². The minimum atomic E-state index is -0.504. The average molecular weight is 312 g/mol. The largest absolute Gasteiger partial charge is 0.304 e. The molecule has 1 atom stereocenters. The number of likely N-dealkylation sites (N-methyl/N-ethyl adjacent to an activating group) is 1. The molecule has 1 aliphatic rings. The summed E-state index contributed by atoms with van der Waals surface area (Å²) in [5.41, 5.74) is 0.455. The lowest BCUT2D eigenvalue weighted by molar-refractivity contribution is 0.131. The van der Waals surface area contributed by atoms with Gasteiger partial charge in [0, 0.05) is 36.2 Å². The van der Waals surface area contributed by atoms with E-state index < -0.39 is 6.04 Å². The number of piperazine rings is 1. The van der Waals surface area contributed by atoms with E-state index in [1.165, 1.54) is 6.07 Å². The number of hydrogen-bond donors (Lipinski definition) is 0. The van der Waals surface area contributed by atoms with Gasteiger partial charge in [0.05, 0.1) is 6.07 Å². The Hall–Kier alpha value is -0.960. The second kappa shape index (κ2) is 5.79. The lowest BCUT2D eigenvalue weighted by atomic mass is 10.1. The summed E-state index contributed by atoms with van der Waals surface area (Å²) in [5.74, 6) is -0.316. The molecule has 0 aromatic heterocycles. The Balaban J connectivity index is 2.23. The fourth-order valence-electron chi connectivity index (χ4n) is 2.15. The zero-order chi connectivity index (χ0) is 13.1. The fraction of sp³-hybridized carbons (Fsp3) is 0.462. The molecule has 1 fully saturated rings. The number of benzene rings is 1. The summed E-state index contributed by atoms with van der Waals surface area (Å²) >= 11 is 3.32. The third-order valence-corrected chi connectivity index (χ3v) is 3.77. The second-order valence-corrected chi connectivity index (χ2v) is 5.45. The predicted molar refractivity (Wildman–Crippen MR) is 71.5 cm³/mol. The third kappa shape index (κ3) is 2.89. The summed E-state index contributed by atoms with van der Waals surface area (Å²) in [6, 6.07) is 6.46. The van der Waals surface area contributed by atoms with Crippen molar-refractivity contribution in [3.05, 3.63) is 34.1 Å². The van der Waals surface area contributed by atoms with Crippen molar-refractivity contribution in [2.75, 3.05) is 33.2 Å². The number of hydrogen-bond acceptors (Lipinski definition) is 3. The normalized spacial score (nSPS) is 19.4. The zero-order valence-corrected chi connectivity index (χ0v) is 11.8. The molecule has 1 saturated heterocycles. The van der Waals surface area contributed by atoms with Crippen LogP contribution in [0, 0.1) is 17.1 Å². The van der Waals surface area contributed by atoms with E-state index in [1.807, 2.05) is 4.90 Å². The van der Waals surface area contributed by atoms with Gasteiger partial charge in [-0.2, -0.15) is 5.26 Å². The molecule has 1 heterocycles. The van der Waals surface area contributed by atoms with Crippen molar-refractivity contribution in [1.29, 1.82) is 5.26 Å². The number of halogens is 2. The van der Waals surface area contributed by atoms with Crippen molar-refractivity contribution in [3.63, 3.8) is 0 Å². The number of nitriles is 1. The molecule has 0 spiro atoms. The van der Waals surface area contributed by atoms with E-state index >= 15 is 0 Å². The van der Waals surface area contributed by atoms with E-state index in [1.54, 1.807) is 12.1 Å². The van der Waals surface area contributed by atoms with Crippen molar-refractivity contribution in [2.24, 2.45) is 0 Å². The van der Waals surface area contributed by atoms with Gasteiger partial charge in [-0.1, -0.05) is 15.9 Å². The van der Waals surface area contributed by atoms with Crippen LogP contribution in [0.15, 0.2) is 22.7 Å². The molecule has 1 aromatic rings. The van der Waals surface area contributed by atoms with Gasteiger partial charge in [-0.25, -0.2) is 4.39 Å². The van der Waals surface area contributed by atoms with E-state index in [4.69, 9.17) is 0 Å². The molecule has 1 unspecified atom stereocenters. The van der Waals surface area contributed by atoms with E-state index in [2.05, 4.69) is 33.9 Å². The summed E-state index contributed by atoms with van der Waals surface area (Å²) in [6.07, 6.45) is 0. The maximum atomic E-state index is 13.8.